The molecule has 1 heteroatoms. The van der Waals surface area contributed by atoms with E-state index in [1.165, 1.54) is 62.5 Å². The Bertz CT molecular complexity index is 473. The van der Waals surface area contributed by atoms with Gasteiger partial charge in [-0.1, -0.05) is 37.3 Å². The molecular formula is C22H32O. The van der Waals surface area contributed by atoms with Crippen LogP contribution in [0.25, 0.3) is 0 Å². The monoisotopic (exact) mass is 312 g/mol. The van der Waals surface area contributed by atoms with E-state index >= 15 is 0 Å². The van der Waals surface area contributed by atoms with Gasteiger partial charge in [0.2, 0.25) is 0 Å². The lowest BCUT2D eigenvalue weighted by Gasteiger charge is -2.27. The van der Waals surface area contributed by atoms with E-state index in [4.69, 9.17) is 4.74 Å². The van der Waals surface area contributed by atoms with Crippen LogP contribution in [0, 0.1) is 17.8 Å². The van der Waals surface area contributed by atoms with Crippen molar-refractivity contribution in [1.82, 2.24) is 0 Å². The van der Waals surface area contributed by atoms with Crippen molar-refractivity contribution in [1.29, 1.82) is 0 Å². The van der Waals surface area contributed by atoms with Crippen LogP contribution in [0.3, 0.4) is 0 Å². The molecule has 2 fully saturated rings. The average Bonchev–Trinajstić information content (AvgIpc) is 2.61. The minimum absolute atomic E-state index is 0.328. The third-order valence-corrected chi connectivity index (χ3v) is 5.92. The van der Waals surface area contributed by atoms with Crippen molar-refractivity contribution in [2.24, 2.45) is 17.8 Å². The maximum absolute atomic E-state index is 5.98. The Morgan fingerprint density at radius 2 is 1.78 bits per heavy atom. The normalized spacial score (nSPS) is 31.7. The quantitative estimate of drug-likeness (QED) is 0.597. The summed E-state index contributed by atoms with van der Waals surface area (Å²) in [6.07, 6.45) is 13.0. The molecule has 23 heavy (non-hydrogen) atoms. The van der Waals surface area contributed by atoms with Crippen LogP contribution < -0.4 is 0 Å². The summed E-state index contributed by atoms with van der Waals surface area (Å²) in [7, 11) is 0. The van der Waals surface area contributed by atoms with Gasteiger partial charge in [-0.25, -0.2) is 0 Å². The van der Waals surface area contributed by atoms with Crippen molar-refractivity contribution in [2.45, 2.75) is 64.4 Å². The van der Waals surface area contributed by atoms with Crippen molar-refractivity contribution in [3.8, 4) is 0 Å². The Balaban J connectivity index is 1.45. The summed E-state index contributed by atoms with van der Waals surface area (Å²) in [5.41, 5.74) is 2.86. The predicted molar refractivity (Wildman–Crippen MR) is 97.5 cm³/mol. The largest absolute Gasteiger partial charge is 0.373 e. The molecule has 0 aromatic heterocycles. The lowest BCUT2D eigenvalue weighted by Crippen LogP contribution is -2.18. The molecule has 1 aliphatic carbocycles. The summed E-state index contributed by atoms with van der Waals surface area (Å²) in [6, 6.07) is 9.24. The van der Waals surface area contributed by atoms with E-state index in [1.54, 1.807) is 0 Å². The van der Waals surface area contributed by atoms with E-state index in [2.05, 4.69) is 43.8 Å². The first-order valence-corrected chi connectivity index (χ1v) is 9.57. The number of hydrogen-bond acceptors (Lipinski definition) is 1. The first-order chi connectivity index (χ1) is 11.2. The molecule has 2 unspecified atom stereocenters. The van der Waals surface area contributed by atoms with Gasteiger partial charge in [-0.05, 0) is 80.2 Å². The van der Waals surface area contributed by atoms with E-state index in [1.807, 2.05) is 0 Å². The summed E-state index contributed by atoms with van der Waals surface area (Å²) in [5.74, 6) is 2.43. The van der Waals surface area contributed by atoms with Crippen LogP contribution in [0.1, 0.15) is 69.1 Å². The predicted octanol–water partition coefficient (Wildman–Crippen LogP) is 6.10. The van der Waals surface area contributed by atoms with Crippen LogP contribution in [0.4, 0.5) is 0 Å². The molecular weight excluding hydrogens is 280 g/mol. The molecule has 2 atom stereocenters. The van der Waals surface area contributed by atoms with Gasteiger partial charge in [0.05, 0.1) is 6.10 Å². The second kappa shape index (κ2) is 8.15. The van der Waals surface area contributed by atoms with Gasteiger partial charge in [0.1, 0.15) is 0 Å². The highest BCUT2D eigenvalue weighted by molar-refractivity contribution is 5.24. The maximum atomic E-state index is 5.98. The van der Waals surface area contributed by atoms with Gasteiger partial charge < -0.3 is 4.74 Å². The van der Waals surface area contributed by atoms with Gasteiger partial charge in [-0.2, -0.15) is 0 Å². The number of allylic oxidation sites excluding steroid dienone is 1. The maximum Gasteiger partial charge on any atom is 0.0825 e. The number of ether oxygens (including phenoxy) is 1. The number of aryl methyl sites for hydroxylation is 1. The van der Waals surface area contributed by atoms with Crippen LogP contribution >= 0.6 is 0 Å². The summed E-state index contributed by atoms with van der Waals surface area (Å²) in [5, 5.41) is 0. The van der Waals surface area contributed by atoms with Gasteiger partial charge in [0.25, 0.3) is 0 Å². The standard InChI is InChI=1S/C22H32O/c1-3-18-5-7-19(8-6-18)9-10-20-11-13-21(14-12-20)22-15-4-17(2)16-23-22/h3,11-14,17-19,22H,1,4-10,15-16H2,2H3. The van der Waals surface area contributed by atoms with Crippen LogP contribution in [0.15, 0.2) is 36.9 Å². The second-order valence-corrected chi connectivity index (χ2v) is 7.80. The molecule has 1 aromatic rings. The molecule has 0 radical (unpaired) electrons. The topological polar surface area (TPSA) is 9.23 Å². The minimum atomic E-state index is 0.328. The van der Waals surface area contributed by atoms with Crippen LogP contribution in [-0.4, -0.2) is 6.61 Å². The van der Waals surface area contributed by atoms with Crippen LogP contribution in [-0.2, 0) is 11.2 Å². The molecule has 0 bridgehead atoms. The first kappa shape index (κ1) is 16.8. The number of benzene rings is 1. The third kappa shape index (κ3) is 4.70. The highest BCUT2D eigenvalue weighted by atomic mass is 16.5. The van der Waals surface area contributed by atoms with Crippen LogP contribution in [0.2, 0.25) is 0 Å². The number of hydrogen-bond donors (Lipinski definition) is 0. The van der Waals surface area contributed by atoms with Gasteiger partial charge in [-0.15, -0.1) is 6.58 Å². The summed E-state index contributed by atoms with van der Waals surface area (Å²) in [6.45, 7) is 7.14. The van der Waals surface area contributed by atoms with Crippen molar-refractivity contribution in [2.75, 3.05) is 6.61 Å². The molecule has 2 aliphatic rings. The fourth-order valence-electron chi connectivity index (χ4n) is 4.13. The summed E-state index contributed by atoms with van der Waals surface area (Å²) >= 11 is 0. The van der Waals surface area contributed by atoms with E-state index in [0.29, 0.717) is 6.10 Å². The fourth-order valence-corrected chi connectivity index (χ4v) is 4.13. The molecule has 0 spiro atoms. The molecule has 3 rings (SSSR count). The molecule has 0 amide bonds. The van der Waals surface area contributed by atoms with Gasteiger partial charge in [0, 0.05) is 6.61 Å². The summed E-state index contributed by atoms with van der Waals surface area (Å²) in [4.78, 5) is 0. The highest BCUT2D eigenvalue weighted by Gasteiger charge is 2.21. The smallest absolute Gasteiger partial charge is 0.0825 e. The molecule has 1 saturated carbocycles. The fraction of sp³-hybridized carbons (Fsp3) is 0.636. The van der Waals surface area contributed by atoms with E-state index in [9.17, 15) is 0 Å². The summed E-state index contributed by atoms with van der Waals surface area (Å²) < 4.78 is 5.98. The SMILES string of the molecule is C=CC1CCC(CCc2ccc(C3CCC(C)CO3)cc2)CC1. The van der Waals surface area contributed by atoms with Crippen molar-refractivity contribution in [3.63, 3.8) is 0 Å². The van der Waals surface area contributed by atoms with Crippen molar-refractivity contribution in [3.05, 3.63) is 48.0 Å². The Labute approximate surface area is 142 Å². The van der Waals surface area contributed by atoms with Crippen molar-refractivity contribution < 1.29 is 4.74 Å². The highest BCUT2D eigenvalue weighted by Crippen LogP contribution is 2.33. The number of rotatable bonds is 5. The lowest BCUT2D eigenvalue weighted by molar-refractivity contribution is -0.0123. The first-order valence-electron chi connectivity index (χ1n) is 9.57. The molecule has 1 saturated heterocycles. The zero-order chi connectivity index (χ0) is 16.1. The van der Waals surface area contributed by atoms with Gasteiger partial charge >= 0.3 is 0 Å². The van der Waals surface area contributed by atoms with Crippen molar-refractivity contribution >= 4 is 0 Å². The Morgan fingerprint density at radius 1 is 1.04 bits per heavy atom. The lowest BCUT2D eigenvalue weighted by atomic mass is 9.79. The third-order valence-electron chi connectivity index (χ3n) is 5.92. The Morgan fingerprint density at radius 3 is 2.39 bits per heavy atom. The van der Waals surface area contributed by atoms with Gasteiger partial charge in [0.15, 0.2) is 0 Å². The average molecular weight is 312 g/mol. The molecule has 126 valence electrons. The van der Waals surface area contributed by atoms with E-state index in [-0.39, 0.29) is 0 Å². The molecule has 1 aliphatic heterocycles. The zero-order valence-corrected chi connectivity index (χ0v) is 14.7. The molecule has 1 aromatic carbocycles. The minimum Gasteiger partial charge on any atom is -0.373 e. The zero-order valence-electron chi connectivity index (χ0n) is 14.7. The molecule has 0 N–H and O–H groups in total. The van der Waals surface area contributed by atoms with E-state index in [0.717, 1.165) is 24.4 Å². The Hall–Kier alpha value is -1.08. The Kier molecular flexibility index (Phi) is 5.94. The van der Waals surface area contributed by atoms with Gasteiger partial charge in [-0.3, -0.25) is 0 Å². The molecule has 1 heterocycles. The van der Waals surface area contributed by atoms with E-state index < -0.39 is 0 Å². The van der Waals surface area contributed by atoms with Crippen LogP contribution in [0.5, 0.6) is 0 Å². The second-order valence-electron chi connectivity index (χ2n) is 7.80. The molecule has 1 nitrogen and oxygen atoms in total.